The summed E-state index contributed by atoms with van der Waals surface area (Å²) in [6.07, 6.45) is -1.62. The molecule has 2 bridgehead atoms. The summed E-state index contributed by atoms with van der Waals surface area (Å²) in [7, 11) is 1.59. The fourth-order valence-corrected chi connectivity index (χ4v) is 7.67. The molecule has 0 radical (unpaired) electrons. The van der Waals surface area contributed by atoms with E-state index in [4.69, 9.17) is 33.2 Å². The van der Waals surface area contributed by atoms with Gasteiger partial charge < -0.3 is 38.3 Å². The first-order valence-electron chi connectivity index (χ1n) is 17.5. The van der Waals surface area contributed by atoms with Crippen molar-refractivity contribution < 1.29 is 47.9 Å². The largest absolute Gasteiger partial charge is 0.459 e. The molecular weight excluding hydrogens is 604 g/mol. The molecule has 0 aliphatic carbocycles. The second kappa shape index (κ2) is 15.6. The Kier molecular flexibility index (Phi) is 12.6. The van der Waals surface area contributed by atoms with Gasteiger partial charge in [-0.15, -0.1) is 0 Å². The van der Waals surface area contributed by atoms with E-state index in [2.05, 4.69) is 13.8 Å². The smallest absolute Gasteiger partial charge is 0.338 e. The Balaban J connectivity index is 1.54. The van der Waals surface area contributed by atoms with Crippen LogP contribution in [0.3, 0.4) is 0 Å². The van der Waals surface area contributed by atoms with E-state index in [1.54, 1.807) is 31.4 Å². The van der Waals surface area contributed by atoms with Crippen LogP contribution in [-0.2, 0) is 38.0 Å². The number of fused-ring (bicyclic) bond motifs is 2. The Bertz CT molecular complexity index is 1170. The number of aliphatic hydroxyl groups excluding tert-OH is 1. The minimum Gasteiger partial charge on any atom is -0.459 e. The van der Waals surface area contributed by atoms with Crippen LogP contribution in [0.4, 0.5) is 0 Å². The van der Waals surface area contributed by atoms with Crippen molar-refractivity contribution in [2.75, 3.05) is 7.11 Å². The predicted molar refractivity (Wildman–Crippen MR) is 175 cm³/mol. The normalized spacial score (nSPS) is 41.7. The van der Waals surface area contributed by atoms with Crippen LogP contribution in [0.5, 0.6) is 0 Å². The van der Waals surface area contributed by atoms with Crippen LogP contribution in [0.15, 0.2) is 30.3 Å². The fraction of sp³-hybridized carbons (Fsp3) is 0.784. The molecule has 3 aliphatic heterocycles. The van der Waals surface area contributed by atoms with E-state index in [9.17, 15) is 14.7 Å². The highest BCUT2D eigenvalue weighted by atomic mass is 16.7. The molecule has 0 aromatic heterocycles. The second-order valence-corrected chi connectivity index (χ2v) is 14.8. The monoisotopic (exact) mass is 662 g/mol. The molecule has 7 unspecified atom stereocenters. The van der Waals surface area contributed by atoms with Gasteiger partial charge in [0.05, 0.1) is 35.9 Å². The summed E-state index contributed by atoms with van der Waals surface area (Å²) in [5.74, 6) is -2.31. The number of hydrogen-bond acceptors (Lipinski definition) is 10. The quantitative estimate of drug-likeness (QED) is 0.360. The van der Waals surface area contributed by atoms with Crippen molar-refractivity contribution in [3.63, 3.8) is 0 Å². The predicted octanol–water partition coefficient (Wildman–Crippen LogP) is 6.07. The van der Waals surface area contributed by atoms with Gasteiger partial charge in [-0.2, -0.15) is 0 Å². The molecule has 266 valence electrons. The van der Waals surface area contributed by atoms with Crippen molar-refractivity contribution in [3.8, 4) is 0 Å². The molecule has 1 aromatic carbocycles. The van der Waals surface area contributed by atoms with E-state index in [-0.39, 0.29) is 30.3 Å². The van der Waals surface area contributed by atoms with Crippen molar-refractivity contribution in [2.24, 2.45) is 23.7 Å². The van der Waals surface area contributed by atoms with E-state index in [0.29, 0.717) is 12.0 Å². The van der Waals surface area contributed by atoms with Crippen molar-refractivity contribution in [3.05, 3.63) is 35.9 Å². The third-order valence-corrected chi connectivity index (χ3v) is 10.6. The second-order valence-electron chi connectivity index (χ2n) is 14.8. The minimum absolute atomic E-state index is 0.0174. The van der Waals surface area contributed by atoms with Crippen LogP contribution in [0, 0.1) is 23.7 Å². The molecule has 10 heteroatoms. The number of carbonyl (C=O) groups is 2. The summed E-state index contributed by atoms with van der Waals surface area (Å²) in [5, 5.41) is 11.6. The standard InChI is InChI=1S/C37H58O10/c1-11-27-29(38)32-23(4)31(46-36(7,8)47-32)22(3)17-15-16-21(2)30(24(5)34(39)43-27)44-28-20-37(9,41-10)33(25(6)42-28)45-35(40)26-18-13-12-14-19-26/h12-14,18-19,21-25,27-33,38H,11,15-17,20H2,1-10H3/t21?,22-,23+,24?,25?,27?,28+,29?,30?,31?,32-,33+,37-/m1/s1. The van der Waals surface area contributed by atoms with Crippen LogP contribution in [0.1, 0.15) is 105 Å². The third-order valence-electron chi connectivity index (χ3n) is 10.6. The molecule has 3 heterocycles. The minimum atomic E-state index is -1.02. The highest BCUT2D eigenvalue weighted by molar-refractivity contribution is 5.89. The van der Waals surface area contributed by atoms with Gasteiger partial charge in [-0.05, 0) is 77.8 Å². The summed E-state index contributed by atoms with van der Waals surface area (Å²) in [4.78, 5) is 26.8. The molecular formula is C37H58O10. The lowest BCUT2D eigenvalue weighted by molar-refractivity contribution is -0.344. The van der Waals surface area contributed by atoms with E-state index in [1.165, 1.54) is 0 Å². The lowest BCUT2D eigenvalue weighted by atomic mass is 9.80. The van der Waals surface area contributed by atoms with Crippen LogP contribution < -0.4 is 0 Å². The molecule has 0 saturated carbocycles. The molecule has 0 spiro atoms. The van der Waals surface area contributed by atoms with Gasteiger partial charge in [0.2, 0.25) is 0 Å². The van der Waals surface area contributed by atoms with Crippen molar-refractivity contribution in [1.82, 2.24) is 0 Å². The van der Waals surface area contributed by atoms with Crippen LogP contribution >= 0.6 is 0 Å². The Morgan fingerprint density at radius 1 is 0.979 bits per heavy atom. The molecule has 0 amide bonds. The zero-order chi connectivity index (χ0) is 34.7. The number of carbonyl (C=O) groups excluding carboxylic acids is 2. The maximum atomic E-state index is 13.8. The van der Waals surface area contributed by atoms with Gasteiger partial charge in [-0.3, -0.25) is 4.79 Å². The number of benzene rings is 1. The third kappa shape index (κ3) is 8.75. The first kappa shape index (κ1) is 37.7. The highest BCUT2D eigenvalue weighted by Gasteiger charge is 2.51. The lowest BCUT2D eigenvalue weighted by Crippen LogP contribution is -2.59. The Hall–Kier alpha value is -2.08. The van der Waals surface area contributed by atoms with E-state index < -0.39 is 72.2 Å². The first-order valence-corrected chi connectivity index (χ1v) is 17.5. The Morgan fingerprint density at radius 2 is 1.62 bits per heavy atom. The SMILES string of the molecule is CCC1OC(=O)C(C)C(O[C@H]2C[C@@](C)(OC)[C@@H](OC(=O)c3ccccc3)C(C)O2)C(C)CCC[C@@H](C)C2OC(C)(C)O[C@@H](C1O)[C@H]2C. The topological polar surface area (TPSA) is 119 Å². The van der Waals surface area contributed by atoms with E-state index >= 15 is 0 Å². The molecule has 1 N–H and O–H groups in total. The van der Waals surface area contributed by atoms with Crippen LogP contribution in [0.2, 0.25) is 0 Å². The van der Waals surface area contributed by atoms with Crippen molar-refractivity contribution in [1.29, 1.82) is 0 Å². The summed E-state index contributed by atoms with van der Waals surface area (Å²) in [6.45, 7) is 17.5. The summed E-state index contributed by atoms with van der Waals surface area (Å²) in [6, 6.07) is 8.83. The van der Waals surface area contributed by atoms with Gasteiger partial charge >= 0.3 is 11.9 Å². The average Bonchev–Trinajstić information content (AvgIpc) is 3.04. The van der Waals surface area contributed by atoms with Gasteiger partial charge in [0.25, 0.3) is 0 Å². The number of hydrogen-bond donors (Lipinski definition) is 1. The molecule has 47 heavy (non-hydrogen) atoms. The molecule has 4 rings (SSSR count). The number of ether oxygens (including phenoxy) is 7. The zero-order valence-electron chi connectivity index (χ0n) is 30.0. The van der Waals surface area contributed by atoms with E-state index in [1.807, 2.05) is 54.5 Å². The van der Waals surface area contributed by atoms with Crippen molar-refractivity contribution >= 4 is 11.9 Å². The number of rotatable bonds is 6. The summed E-state index contributed by atoms with van der Waals surface area (Å²) >= 11 is 0. The Morgan fingerprint density at radius 3 is 2.26 bits per heavy atom. The maximum absolute atomic E-state index is 13.8. The zero-order valence-corrected chi connectivity index (χ0v) is 30.0. The van der Waals surface area contributed by atoms with Gasteiger partial charge in [0.1, 0.15) is 17.8 Å². The number of esters is 2. The maximum Gasteiger partial charge on any atom is 0.338 e. The van der Waals surface area contributed by atoms with E-state index in [0.717, 1.165) is 19.3 Å². The van der Waals surface area contributed by atoms with Gasteiger partial charge in [-0.25, -0.2) is 4.79 Å². The number of methoxy groups -OCH3 is 1. The van der Waals surface area contributed by atoms with Gasteiger partial charge in [-0.1, -0.05) is 52.3 Å². The van der Waals surface area contributed by atoms with Gasteiger partial charge in [0, 0.05) is 19.4 Å². The molecule has 1 aromatic rings. The fourth-order valence-electron chi connectivity index (χ4n) is 7.67. The lowest BCUT2D eigenvalue weighted by Gasteiger charge is -2.49. The first-order chi connectivity index (χ1) is 22.1. The van der Waals surface area contributed by atoms with Crippen LogP contribution in [0.25, 0.3) is 0 Å². The summed E-state index contributed by atoms with van der Waals surface area (Å²) in [5.41, 5.74) is -0.460. The highest BCUT2D eigenvalue weighted by Crippen LogP contribution is 2.40. The number of aliphatic hydroxyl groups is 1. The average molecular weight is 663 g/mol. The molecule has 3 aliphatic rings. The van der Waals surface area contributed by atoms with Gasteiger partial charge in [0.15, 0.2) is 18.2 Å². The van der Waals surface area contributed by atoms with Crippen molar-refractivity contribution in [2.45, 2.75) is 155 Å². The van der Waals surface area contributed by atoms with Crippen LogP contribution in [-0.4, -0.2) is 84.6 Å². The number of cyclic esters (lactones) is 1. The molecule has 3 saturated heterocycles. The molecule has 13 atom stereocenters. The summed E-state index contributed by atoms with van der Waals surface area (Å²) < 4.78 is 43.6. The molecule has 10 nitrogen and oxygen atoms in total. The Labute approximate surface area is 281 Å². The molecule has 3 fully saturated rings.